The summed E-state index contributed by atoms with van der Waals surface area (Å²) in [7, 11) is 0. The van der Waals surface area contributed by atoms with Gasteiger partial charge in [0.05, 0.1) is 6.10 Å². The van der Waals surface area contributed by atoms with Crippen LogP contribution in [0, 0.1) is 0 Å². The lowest BCUT2D eigenvalue weighted by molar-refractivity contribution is -0.125. The van der Waals surface area contributed by atoms with E-state index in [0.717, 1.165) is 12.8 Å². The molecule has 1 N–H and O–H groups in total. The van der Waals surface area contributed by atoms with E-state index in [1.165, 1.54) is 6.92 Å². The molecule has 0 radical (unpaired) electrons. The first-order chi connectivity index (χ1) is 7.08. The Morgan fingerprint density at radius 2 is 2.13 bits per heavy atom. The van der Waals surface area contributed by atoms with Crippen molar-refractivity contribution in [1.29, 1.82) is 0 Å². The van der Waals surface area contributed by atoms with Gasteiger partial charge < -0.3 is 14.8 Å². The lowest BCUT2D eigenvalue weighted by Crippen LogP contribution is -2.41. The van der Waals surface area contributed by atoms with Crippen LogP contribution in [0.3, 0.4) is 0 Å². The average Bonchev–Trinajstić information content (AvgIpc) is 2.15. The topological polar surface area (TPSA) is 55.4 Å². The molecule has 0 aromatic heterocycles. The monoisotopic (exact) mass is 213 g/mol. The fraction of sp³-hybridized carbons (Fsp3) is 0.818. The van der Waals surface area contributed by atoms with Gasteiger partial charge >= 0.3 is 0 Å². The maximum Gasteiger partial charge on any atom is 0.220 e. The summed E-state index contributed by atoms with van der Waals surface area (Å²) in [6.45, 7) is 4.22. The quantitative estimate of drug-likeness (QED) is 0.759. The highest BCUT2D eigenvalue weighted by molar-refractivity contribution is 5.83. The van der Waals surface area contributed by atoms with Crippen molar-refractivity contribution in [2.45, 2.75) is 51.7 Å². The number of carbonyl (C=O) groups excluding carboxylic acids is 2. The molecule has 0 saturated carbocycles. The molecule has 1 rings (SSSR count). The Hall–Kier alpha value is -0.900. The zero-order valence-corrected chi connectivity index (χ0v) is 9.41. The molecular formula is C11H19NO3. The maximum atomic E-state index is 11.4. The van der Waals surface area contributed by atoms with Crippen LogP contribution in [0.15, 0.2) is 0 Å². The number of carbonyl (C=O) groups is 2. The zero-order chi connectivity index (χ0) is 11.3. The molecule has 0 aromatic carbocycles. The van der Waals surface area contributed by atoms with Gasteiger partial charge in [0.15, 0.2) is 0 Å². The minimum absolute atomic E-state index is 0.0238. The van der Waals surface area contributed by atoms with Crippen molar-refractivity contribution in [2.75, 3.05) is 6.61 Å². The van der Waals surface area contributed by atoms with E-state index in [2.05, 4.69) is 5.32 Å². The molecule has 0 spiro atoms. The van der Waals surface area contributed by atoms with Crippen molar-refractivity contribution in [3.05, 3.63) is 0 Å². The minimum atomic E-state index is -0.0238. The highest BCUT2D eigenvalue weighted by atomic mass is 16.5. The Kier molecular flexibility index (Phi) is 4.75. The molecular weight excluding hydrogens is 194 g/mol. The Labute approximate surface area is 90.4 Å². The summed E-state index contributed by atoms with van der Waals surface area (Å²) < 4.78 is 5.38. The number of hydrogen-bond acceptors (Lipinski definition) is 3. The van der Waals surface area contributed by atoms with E-state index in [0.29, 0.717) is 19.4 Å². The van der Waals surface area contributed by atoms with Gasteiger partial charge in [-0.15, -0.1) is 0 Å². The Bertz CT molecular complexity index is 240. The molecule has 0 aliphatic carbocycles. The van der Waals surface area contributed by atoms with E-state index < -0.39 is 0 Å². The molecule has 86 valence electrons. The van der Waals surface area contributed by atoms with Crippen LogP contribution < -0.4 is 5.32 Å². The summed E-state index contributed by atoms with van der Waals surface area (Å²) in [5.74, 6) is 0.0368. The Balaban J connectivity index is 2.22. The first-order valence-corrected chi connectivity index (χ1v) is 5.48. The van der Waals surface area contributed by atoms with Crippen molar-refractivity contribution in [3.8, 4) is 0 Å². The summed E-state index contributed by atoms with van der Waals surface area (Å²) in [5, 5.41) is 2.93. The van der Waals surface area contributed by atoms with E-state index >= 15 is 0 Å². The third-order valence-electron chi connectivity index (χ3n) is 2.55. The highest BCUT2D eigenvalue weighted by Gasteiger charge is 2.20. The summed E-state index contributed by atoms with van der Waals surface area (Å²) in [5.41, 5.74) is 0. The average molecular weight is 213 g/mol. The van der Waals surface area contributed by atoms with Crippen LogP contribution in [-0.4, -0.2) is 30.4 Å². The van der Waals surface area contributed by atoms with E-state index in [4.69, 9.17) is 4.74 Å². The number of amides is 1. The van der Waals surface area contributed by atoms with Crippen molar-refractivity contribution in [1.82, 2.24) is 5.32 Å². The number of rotatable bonds is 4. The lowest BCUT2D eigenvalue weighted by atomic mass is 10.0. The molecule has 1 amide bonds. The zero-order valence-electron chi connectivity index (χ0n) is 9.41. The Morgan fingerprint density at radius 1 is 1.40 bits per heavy atom. The molecule has 1 aliphatic heterocycles. The molecule has 1 aliphatic rings. The van der Waals surface area contributed by atoms with Crippen molar-refractivity contribution < 1.29 is 14.3 Å². The molecule has 4 nitrogen and oxygen atoms in total. The lowest BCUT2D eigenvalue weighted by Gasteiger charge is -2.27. The third-order valence-corrected chi connectivity index (χ3v) is 2.55. The first kappa shape index (κ1) is 12.2. The van der Waals surface area contributed by atoms with Gasteiger partial charge in [-0.3, -0.25) is 4.79 Å². The number of ether oxygens (including phenoxy) is 1. The van der Waals surface area contributed by atoms with Gasteiger partial charge in [0.2, 0.25) is 5.91 Å². The van der Waals surface area contributed by atoms with Crippen LogP contribution in [0.2, 0.25) is 0 Å². The van der Waals surface area contributed by atoms with E-state index in [1.54, 1.807) is 0 Å². The Morgan fingerprint density at radius 3 is 2.73 bits per heavy atom. The van der Waals surface area contributed by atoms with Gasteiger partial charge in [-0.25, -0.2) is 0 Å². The summed E-state index contributed by atoms with van der Waals surface area (Å²) >= 11 is 0. The third kappa shape index (κ3) is 4.93. The van der Waals surface area contributed by atoms with E-state index in [1.807, 2.05) is 6.92 Å². The van der Waals surface area contributed by atoms with Crippen molar-refractivity contribution in [2.24, 2.45) is 0 Å². The molecule has 0 bridgehead atoms. The highest BCUT2D eigenvalue weighted by Crippen LogP contribution is 2.13. The van der Waals surface area contributed by atoms with Crippen LogP contribution in [0.25, 0.3) is 0 Å². The fourth-order valence-corrected chi connectivity index (χ4v) is 1.72. The SMILES string of the molecule is CC(=O)CCC(=O)NC1CCOC(C)C1. The summed E-state index contributed by atoms with van der Waals surface area (Å²) in [4.78, 5) is 22.1. The normalized spacial score (nSPS) is 26.0. The van der Waals surface area contributed by atoms with Crippen LogP contribution >= 0.6 is 0 Å². The molecule has 2 atom stereocenters. The number of nitrogens with one attached hydrogen (secondary N) is 1. The molecule has 2 unspecified atom stereocenters. The summed E-state index contributed by atoms with van der Waals surface area (Å²) in [6.07, 6.45) is 2.60. The molecule has 15 heavy (non-hydrogen) atoms. The van der Waals surface area contributed by atoms with E-state index in [-0.39, 0.29) is 23.8 Å². The maximum absolute atomic E-state index is 11.4. The van der Waals surface area contributed by atoms with E-state index in [9.17, 15) is 9.59 Å². The first-order valence-electron chi connectivity index (χ1n) is 5.48. The van der Waals surface area contributed by atoms with Gasteiger partial charge in [0.1, 0.15) is 5.78 Å². The fourth-order valence-electron chi connectivity index (χ4n) is 1.72. The second-order valence-electron chi connectivity index (χ2n) is 4.17. The minimum Gasteiger partial charge on any atom is -0.378 e. The van der Waals surface area contributed by atoms with Gasteiger partial charge in [-0.1, -0.05) is 0 Å². The molecule has 1 saturated heterocycles. The molecule has 1 fully saturated rings. The predicted octanol–water partition coefficient (Wildman–Crippen LogP) is 1.04. The second kappa shape index (κ2) is 5.85. The number of hydrogen-bond donors (Lipinski definition) is 1. The largest absolute Gasteiger partial charge is 0.378 e. The standard InChI is InChI=1S/C11H19NO3/c1-8(13)3-4-11(14)12-10-5-6-15-9(2)7-10/h9-10H,3-7H2,1-2H3,(H,12,14). The van der Waals surface area contributed by atoms with Gasteiger partial charge in [0.25, 0.3) is 0 Å². The molecule has 4 heteroatoms. The summed E-state index contributed by atoms with van der Waals surface area (Å²) in [6, 6.07) is 0.216. The van der Waals surface area contributed by atoms with Crippen LogP contribution in [-0.2, 0) is 14.3 Å². The second-order valence-corrected chi connectivity index (χ2v) is 4.17. The van der Waals surface area contributed by atoms with Gasteiger partial charge in [0, 0.05) is 25.5 Å². The number of ketones is 1. The molecule has 0 aromatic rings. The predicted molar refractivity (Wildman–Crippen MR) is 56.5 cm³/mol. The van der Waals surface area contributed by atoms with Crippen LogP contribution in [0.1, 0.15) is 39.5 Å². The van der Waals surface area contributed by atoms with Crippen molar-refractivity contribution >= 4 is 11.7 Å². The smallest absolute Gasteiger partial charge is 0.220 e. The van der Waals surface area contributed by atoms with Crippen molar-refractivity contribution in [3.63, 3.8) is 0 Å². The van der Waals surface area contributed by atoms with Crippen LogP contribution in [0.5, 0.6) is 0 Å². The number of Topliss-reactive ketones (excluding diaryl/α,β-unsaturated/α-hetero) is 1. The van der Waals surface area contributed by atoms with Crippen LogP contribution in [0.4, 0.5) is 0 Å². The van der Waals surface area contributed by atoms with Gasteiger partial charge in [-0.2, -0.15) is 0 Å². The molecule has 1 heterocycles. The van der Waals surface area contributed by atoms with Gasteiger partial charge in [-0.05, 0) is 26.7 Å².